The van der Waals surface area contributed by atoms with Gasteiger partial charge in [-0.25, -0.2) is 14.4 Å². The topological polar surface area (TPSA) is 78.4 Å². The van der Waals surface area contributed by atoms with E-state index in [1.54, 1.807) is 50.8 Å². The third-order valence-corrected chi connectivity index (χ3v) is 6.40. The van der Waals surface area contributed by atoms with Gasteiger partial charge >= 0.3 is 0 Å². The standard InChI is InChI=1S/C25H24FN5O2/c1-30(2)22(32)14-27-23(33)16-7-8-19-21(11-16)31(15-25(19)9-10-25)24-28-12-17(13-29-24)18-5-3-4-6-20(18)26/h3-8,11-13H,9-10,14-15H2,1-2H3,(H,27,33). The van der Waals surface area contributed by atoms with Crippen LogP contribution in [0.3, 0.4) is 0 Å². The Kier molecular flexibility index (Phi) is 5.08. The molecule has 5 rings (SSSR count). The number of aromatic nitrogens is 2. The summed E-state index contributed by atoms with van der Waals surface area (Å²) in [5.41, 5.74) is 3.69. The second kappa shape index (κ2) is 7.95. The molecule has 1 aliphatic heterocycles. The maximum atomic E-state index is 14.1. The molecular formula is C25H24FN5O2. The van der Waals surface area contributed by atoms with Crippen LogP contribution in [0.25, 0.3) is 11.1 Å². The van der Waals surface area contributed by atoms with Crippen molar-refractivity contribution in [3.8, 4) is 11.1 Å². The molecule has 2 aliphatic rings. The molecule has 2 heterocycles. The van der Waals surface area contributed by atoms with Gasteiger partial charge in [0.2, 0.25) is 11.9 Å². The number of hydrogen-bond donors (Lipinski definition) is 1. The summed E-state index contributed by atoms with van der Waals surface area (Å²) in [6.07, 6.45) is 5.41. The van der Waals surface area contributed by atoms with Crippen LogP contribution in [0.5, 0.6) is 0 Å². The minimum Gasteiger partial charge on any atom is -0.347 e. The van der Waals surface area contributed by atoms with Crippen molar-refractivity contribution in [2.24, 2.45) is 0 Å². The van der Waals surface area contributed by atoms with Gasteiger partial charge in [0.15, 0.2) is 0 Å². The van der Waals surface area contributed by atoms with Crippen molar-refractivity contribution in [3.63, 3.8) is 0 Å². The van der Waals surface area contributed by atoms with E-state index in [9.17, 15) is 14.0 Å². The summed E-state index contributed by atoms with van der Waals surface area (Å²) < 4.78 is 14.1. The number of benzene rings is 2. The number of amides is 2. The molecule has 0 unspecified atom stereocenters. The molecule has 1 saturated carbocycles. The number of nitrogens with zero attached hydrogens (tertiary/aromatic N) is 4. The van der Waals surface area contributed by atoms with Crippen LogP contribution >= 0.6 is 0 Å². The fourth-order valence-electron chi connectivity index (χ4n) is 4.29. The van der Waals surface area contributed by atoms with Crippen molar-refractivity contribution in [3.05, 3.63) is 71.8 Å². The van der Waals surface area contributed by atoms with Crippen LogP contribution in [0.2, 0.25) is 0 Å². The van der Waals surface area contributed by atoms with Crippen molar-refractivity contribution < 1.29 is 14.0 Å². The van der Waals surface area contributed by atoms with E-state index in [-0.39, 0.29) is 29.6 Å². The highest BCUT2D eigenvalue weighted by molar-refractivity contribution is 5.98. The lowest BCUT2D eigenvalue weighted by Crippen LogP contribution is -2.36. The molecule has 1 aliphatic carbocycles. The van der Waals surface area contributed by atoms with Gasteiger partial charge in [0, 0.05) is 60.8 Å². The molecular weight excluding hydrogens is 421 g/mol. The number of hydrogen-bond acceptors (Lipinski definition) is 5. The fourth-order valence-corrected chi connectivity index (χ4v) is 4.29. The summed E-state index contributed by atoms with van der Waals surface area (Å²) in [4.78, 5) is 37.0. The largest absolute Gasteiger partial charge is 0.347 e. The Morgan fingerprint density at radius 1 is 1.12 bits per heavy atom. The van der Waals surface area contributed by atoms with Gasteiger partial charge in [-0.3, -0.25) is 9.59 Å². The molecule has 0 atom stereocenters. The number of carbonyl (C=O) groups excluding carboxylic acids is 2. The molecule has 1 spiro atoms. The van der Waals surface area contributed by atoms with Gasteiger partial charge in [-0.1, -0.05) is 24.3 Å². The molecule has 1 N–H and O–H groups in total. The van der Waals surface area contributed by atoms with Crippen LogP contribution in [0.15, 0.2) is 54.9 Å². The van der Waals surface area contributed by atoms with Gasteiger partial charge in [0.25, 0.3) is 5.91 Å². The van der Waals surface area contributed by atoms with Crippen LogP contribution < -0.4 is 10.2 Å². The minimum absolute atomic E-state index is 0.0583. The van der Waals surface area contributed by atoms with Crippen LogP contribution in [0.1, 0.15) is 28.8 Å². The van der Waals surface area contributed by atoms with E-state index in [4.69, 9.17) is 0 Å². The highest BCUT2D eigenvalue weighted by atomic mass is 19.1. The van der Waals surface area contributed by atoms with E-state index in [0.717, 1.165) is 25.1 Å². The fraction of sp³-hybridized carbons (Fsp3) is 0.280. The van der Waals surface area contributed by atoms with Crippen molar-refractivity contribution in [1.82, 2.24) is 20.2 Å². The SMILES string of the molecule is CN(C)C(=O)CNC(=O)c1ccc2c(c1)N(c1ncc(-c3ccccc3F)cn1)CC21CC1. The lowest BCUT2D eigenvalue weighted by molar-refractivity contribution is -0.127. The van der Waals surface area contributed by atoms with E-state index >= 15 is 0 Å². The second-order valence-corrected chi connectivity index (χ2v) is 8.82. The van der Waals surface area contributed by atoms with Crippen LogP contribution in [-0.2, 0) is 10.2 Å². The monoisotopic (exact) mass is 445 g/mol. The van der Waals surface area contributed by atoms with E-state index in [1.165, 1.54) is 16.5 Å². The molecule has 0 saturated heterocycles. The molecule has 1 aromatic heterocycles. The minimum atomic E-state index is -0.319. The van der Waals surface area contributed by atoms with Crippen LogP contribution in [0, 0.1) is 5.82 Å². The number of nitrogens with one attached hydrogen (secondary N) is 1. The Labute approximate surface area is 191 Å². The Morgan fingerprint density at radius 2 is 1.85 bits per heavy atom. The average molecular weight is 445 g/mol. The number of carbonyl (C=O) groups is 2. The van der Waals surface area contributed by atoms with Crippen molar-refractivity contribution >= 4 is 23.5 Å². The molecule has 0 bridgehead atoms. The van der Waals surface area contributed by atoms with Crippen LogP contribution in [-0.4, -0.2) is 53.9 Å². The van der Waals surface area contributed by atoms with Crippen LogP contribution in [0.4, 0.5) is 16.0 Å². The van der Waals surface area contributed by atoms with E-state index in [0.29, 0.717) is 22.6 Å². The lowest BCUT2D eigenvalue weighted by atomic mass is 9.97. The van der Waals surface area contributed by atoms with Gasteiger partial charge in [-0.2, -0.15) is 0 Å². The summed E-state index contributed by atoms with van der Waals surface area (Å²) in [5.74, 6) is -0.284. The first kappa shape index (κ1) is 21.1. The number of fused-ring (bicyclic) bond motifs is 2. The number of anilines is 2. The summed E-state index contributed by atoms with van der Waals surface area (Å²) in [5, 5.41) is 2.68. The molecule has 168 valence electrons. The number of likely N-dealkylation sites (N-methyl/N-ethyl adjacent to an activating group) is 1. The molecule has 33 heavy (non-hydrogen) atoms. The molecule has 8 heteroatoms. The third-order valence-electron chi connectivity index (χ3n) is 6.40. The molecule has 1 fully saturated rings. The normalized spacial score (nSPS) is 15.3. The maximum Gasteiger partial charge on any atom is 0.251 e. The zero-order valence-corrected chi connectivity index (χ0v) is 18.5. The van der Waals surface area contributed by atoms with Gasteiger partial charge in [0.05, 0.1) is 6.54 Å². The average Bonchev–Trinajstić information content (AvgIpc) is 3.54. The van der Waals surface area contributed by atoms with E-state index in [1.807, 2.05) is 17.0 Å². The van der Waals surface area contributed by atoms with Crippen molar-refractivity contribution in [1.29, 1.82) is 0 Å². The van der Waals surface area contributed by atoms with Gasteiger partial charge in [-0.15, -0.1) is 0 Å². The predicted molar refractivity (Wildman–Crippen MR) is 123 cm³/mol. The molecule has 2 aromatic carbocycles. The summed E-state index contributed by atoms with van der Waals surface area (Å²) >= 11 is 0. The lowest BCUT2D eigenvalue weighted by Gasteiger charge is -2.18. The Morgan fingerprint density at radius 3 is 2.52 bits per heavy atom. The first-order valence-corrected chi connectivity index (χ1v) is 10.9. The van der Waals surface area contributed by atoms with Gasteiger partial charge < -0.3 is 15.1 Å². The Hall–Kier alpha value is -3.81. The third kappa shape index (κ3) is 3.82. The zero-order valence-electron chi connectivity index (χ0n) is 18.5. The highest BCUT2D eigenvalue weighted by Gasteiger charge is 2.52. The summed E-state index contributed by atoms with van der Waals surface area (Å²) in [6, 6.07) is 12.2. The quantitative estimate of drug-likeness (QED) is 0.652. The Bertz CT molecular complexity index is 1240. The number of halogens is 1. The first-order chi connectivity index (χ1) is 15.9. The van der Waals surface area contributed by atoms with E-state index in [2.05, 4.69) is 15.3 Å². The van der Waals surface area contributed by atoms with Gasteiger partial charge in [0.1, 0.15) is 5.82 Å². The molecule has 0 radical (unpaired) electrons. The summed E-state index contributed by atoms with van der Waals surface area (Å²) in [7, 11) is 3.29. The molecule has 7 nitrogen and oxygen atoms in total. The number of rotatable bonds is 5. The highest BCUT2D eigenvalue weighted by Crippen LogP contribution is 2.57. The molecule has 3 aromatic rings. The smallest absolute Gasteiger partial charge is 0.251 e. The van der Waals surface area contributed by atoms with Crippen molar-refractivity contribution in [2.45, 2.75) is 18.3 Å². The van der Waals surface area contributed by atoms with E-state index < -0.39 is 0 Å². The Balaban J connectivity index is 1.42. The van der Waals surface area contributed by atoms with Gasteiger partial charge in [-0.05, 0) is 36.6 Å². The van der Waals surface area contributed by atoms with Crippen molar-refractivity contribution in [2.75, 3.05) is 32.1 Å². The summed E-state index contributed by atoms with van der Waals surface area (Å²) in [6.45, 7) is 0.683. The maximum absolute atomic E-state index is 14.1. The molecule has 2 amide bonds. The first-order valence-electron chi connectivity index (χ1n) is 10.9. The zero-order chi connectivity index (χ0) is 23.2. The second-order valence-electron chi connectivity index (χ2n) is 8.82. The predicted octanol–water partition coefficient (Wildman–Crippen LogP) is 3.28.